The molecule has 146 valence electrons. The lowest BCUT2D eigenvalue weighted by atomic mass is 9.46. The Balaban J connectivity index is 1.59. The van der Waals surface area contributed by atoms with Crippen LogP contribution in [0.3, 0.4) is 0 Å². The molecular formula is C21H28N2O4. The van der Waals surface area contributed by atoms with Crippen molar-refractivity contribution in [1.29, 1.82) is 0 Å². The largest absolute Gasteiger partial charge is 0.497 e. The summed E-state index contributed by atoms with van der Waals surface area (Å²) in [5, 5.41) is 6.32. The number of carbonyl (C=O) groups excluding carboxylic acids is 2. The fourth-order valence-corrected chi connectivity index (χ4v) is 6.19. The lowest BCUT2D eigenvalue weighted by molar-refractivity contribution is -0.148. The van der Waals surface area contributed by atoms with E-state index >= 15 is 0 Å². The molecule has 6 heteroatoms. The molecule has 0 aliphatic heterocycles. The molecule has 0 spiro atoms. The Kier molecular flexibility index (Phi) is 4.32. The van der Waals surface area contributed by atoms with E-state index in [1.165, 1.54) is 6.42 Å². The average molecular weight is 372 g/mol. The highest BCUT2D eigenvalue weighted by molar-refractivity contribution is 5.96. The molecule has 2 amide bonds. The van der Waals surface area contributed by atoms with Crippen molar-refractivity contribution >= 4 is 17.5 Å². The van der Waals surface area contributed by atoms with Crippen LogP contribution in [0.15, 0.2) is 18.2 Å². The SMILES string of the molecule is COc1cc(NC(=O)C23CC4CC(CC(NC(C)=O)(C4)C2)C3)cc(OC)c1. The minimum atomic E-state index is -0.400. The maximum Gasteiger partial charge on any atom is 0.230 e. The summed E-state index contributed by atoms with van der Waals surface area (Å²) in [6.07, 6.45) is 5.76. The van der Waals surface area contributed by atoms with E-state index in [0.29, 0.717) is 29.0 Å². The number of hydrogen-bond donors (Lipinski definition) is 2. The zero-order valence-corrected chi connectivity index (χ0v) is 16.3. The molecule has 0 heterocycles. The van der Waals surface area contributed by atoms with Gasteiger partial charge in [0.25, 0.3) is 0 Å². The summed E-state index contributed by atoms with van der Waals surface area (Å²) in [5.74, 6) is 2.38. The van der Waals surface area contributed by atoms with Gasteiger partial charge in [0, 0.05) is 36.3 Å². The second-order valence-corrected chi connectivity index (χ2v) is 8.76. The molecule has 4 aliphatic rings. The fourth-order valence-electron chi connectivity index (χ4n) is 6.19. The standard InChI is InChI=1S/C21H28N2O4/c1-13(24)23-21-10-14-4-15(11-21)9-20(8-14,12-21)19(25)22-16-5-17(26-2)7-18(6-16)27-3/h5-7,14-15H,4,8-12H2,1-3H3,(H,22,25)(H,23,24). The third kappa shape index (κ3) is 3.26. The van der Waals surface area contributed by atoms with Gasteiger partial charge in [0.05, 0.1) is 19.6 Å². The number of methoxy groups -OCH3 is 2. The number of ether oxygens (including phenoxy) is 2. The third-order valence-corrected chi connectivity index (χ3v) is 6.59. The van der Waals surface area contributed by atoms with Crippen LogP contribution in [-0.4, -0.2) is 31.6 Å². The number of carbonyl (C=O) groups is 2. The van der Waals surface area contributed by atoms with Crippen LogP contribution in [0.4, 0.5) is 5.69 Å². The summed E-state index contributed by atoms with van der Waals surface area (Å²) in [5.41, 5.74) is 0.0721. The van der Waals surface area contributed by atoms with Crippen LogP contribution >= 0.6 is 0 Å². The molecule has 2 atom stereocenters. The van der Waals surface area contributed by atoms with Gasteiger partial charge in [-0.3, -0.25) is 9.59 Å². The predicted molar refractivity (Wildman–Crippen MR) is 102 cm³/mol. The molecule has 0 radical (unpaired) electrons. The molecule has 2 N–H and O–H groups in total. The van der Waals surface area contributed by atoms with Crippen molar-refractivity contribution in [3.8, 4) is 11.5 Å². The van der Waals surface area contributed by atoms with Gasteiger partial charge in [0.15, 0.2) is 0 Å². The van der Waals surface area contributed by atoms with E-state index < -0.39 is 5.41 Å². The molecule has 0 aromatic heterocycles. The third-order valence-electron chi connectivity index (χ3n) is 6.59. The summed E-state index contributed by atoms with van der Waals surface area (Å²) in [7, 11) is 3.19. The van der Waals surface area contributed by atoms with Crippen LogP contribution < -0.4 is 20.1 Å². The Labute approximate surface area is 160 Å². The maximum absolute atomic E-state index is 13.4. The summed E-state index contributed by atoms with van der Waals surface area (Å²) < 4.78 is 10.6. The second kappa shape index (κ2) is 6.43. The van der Waals surface area contributed by atoms with Crippen molar-refractivity contribution in [2.24, 2.45) is 17.3 Å². The molecule has 0 saturated heterocycles. The van der Waals surface area contributed by atoms with E-state index in [2.05, 4.69) is 10.6 Å². The lowest BCUT2D eigenvalue weighted by Crippen LogP contribution is -2.65. The fraction of sp³-hybridized carbons (Fsp3) is 0.619. The summed E-state index contributed by atoms with van der Waals surface area (Å²) in [6.45, 7) is 1.58. The predicted octanol–water partition coefficient (Wildman–Crippen LogP) is 3.12. The van der Waals surface area contributed by atoms with Crippen molar-refractivity contribution in [1.82, 2.24) is 5.32 Å². The van der Waals surface area contributed by atoms with Crippen LogP contribution in [-0.2, 0) is 9.59 Å². The van der Waals surface area contributed by atoms with Gasteiger partial charge in [-0.15, -0.1) is 0 Å². The number of amides is 2. The highest BCUT2D eigenvalue weighted by Gasteiger charge is 2.60. The van der Waals surface area contributed by atoms with Gasteiger partial charge in [-0.1, -0.05) is 0 Å². The topological polar surface area (TPSA) is 76.7 Å². The Morgan fingerprint density at radius 2 is 1.59 bits per heavy atom. The van der Waals surface area contributed by atoms with Gasteiger partial charge >= 0.3 is 0 Å². The van der Waals surface area contributed by atoms with Gasteiger partial charge < -0.3 is 20.1 Å². The van der Waals surface area contributed by atoms with Gasteiger partial charge in [-0.05, 0) is 50.4 Å². The normalized spacial score (nSPS) is 33.4. The molecular weight excluding hydrogens is 344 g/mol. The first kappa shape index (κ1) is 18.1. The first-order chi connectivity index (χ1) is 12.9. The van der Waals surface area contributed by atoms with Crippen molar-refractivity contribution < 1.29 is 19.1 Å². The van der Waals surface area contributed by atoms with Gasteiger partial charge in [0.2, 0.25) is 11.8 Å². The van der Waals surface area contributed by atoms with Crippen LogP contribution in [0.1, 0.15) is 45.4 Å². The van der Waals surface area contributed by atoms with Crippen molar-refractivity contribution in [3.63, 3.8) is 0 Å². The molecule has 6 nitrogen and oxygen atoms in total. The number of anilines is 1. The van der Waals surface area contributed by atoms with Gasteiger partial charge in [0.1, 0.15) is 11.5 Å². The van der Waals surface area contributed by atoms with E-state index in [1.807, 2.05) is 12.1 Å². The summed E-state index contributed by atoms with van der Waals surface area (Å²) >= 11 is 0. The minimum absolute atomic E-state index is 0.00467. The number of rotatable bonds is 5. The van der Waals surface area contributed by atoms with Gasteiger partial charge in [-0.2, -0.15) is 0 Å². The Bertz CT molecular complexity index is 739. The van der Waals surface area contributed by atoms with Crippen LogP contribution in [0.2, 0.25) is 0 Å². The van der Waals surface area contributed by atoms with Crippen molar-refractivity contribution in [2.45, 2.75) is 51.0 Å². The van der Waals surface area contributed by atoms with E-state index in [4.69, 9.17) is 9.47 Å². The molecule has 4 aliphatic carbocycles. The quantitative estimate of drug-likeness (QED) is 0.833. The zero-order chi connectivity index (χ0) is 19.2. The molecule has 1 aromatic carbocycles. The van der Waals surface area contributed by atoms with Crippen LogP contribution in [0.25, 0.3) is 0 Å². The molecule has 4 fully saturated rings. The first-order valence-electron chi connectivity index (χ1n) is 9.69. The lowest BCUT2D eigenvalue weighted by Gasteiger charge is -2.61. The van der Waals surface area contributed by atoms with E-state index in [1.54, 1.807) is 27.2 Å². The maximum atomic E-state index is 13.4. The molecule has 1 aromatic rings. The Hall–Kier alpha value is -2.24. The van der Waals surface area contributed by atoms with Crippen LogP contribution in [0.5, 0.6) is 11.5 Å². The van der Waals surface area contributed by atoms with Crippen molar-refractivity contribution in [2.75, 3.05) is 19.5 Å². The highest BCUT2D eigenvalue weighted by Crippen LogP contribution is 2.61. The minimum Gasteiger partial charge on any atom is -0.497 e. The van der Waals surface area contributed by atoms with E-state index in [-0.39, 0.29) is 17.4 Å². The number of benzene rings is 1. The molecule has 4 bridgehead atoms. The molecule has 27 heavy (non-hydrogen) atoms. The second-order valence-electron chi connectivity index (χ2n) is 8.76. The summed E-state index contributed by atoms with van der Waals surface area (Å²) in [6, 6.07) is 5.40. The zero-order valence-electron chi connectivity index (χ0n) is 16.3. The average Bonchev–Trinajstić information content (AvgIpc) is 2.59. The monoisotopic (exact) mass is 372 g/mol. The summed E-state index contributed by atoms with van der Waals surface area (Å²) in [4.78, 5) is 25.2. The van der Waals surface area contributed by atoms with Crippen molar-refractivity contribution in [3.05, 3.63) is 18.2 Å². The van der Waals surface area contributed by atoms with E-state index in [0.717, 1.165) is 32.1 Å². The Morgan fingerprint density at radius 3 is 2.11 bits per heavy atom. The van der Waals surface area contributed by atoms with Crippen LogP contribution in [0, 0.1) is 17.3 Å². The molecule has 4 saturated carbocycles. The first-order valence-corrected chi connectivity index (χ1v) is 9.69. The van der Waals surface area contributed by atoms with E-state index in [9.17, 15) is 9.59 Å². The highest BCUT2D eigenvalue weighted by atomic mass is 16.5. The number of nitrogens with one attached hydrogen (secondary N) is 2. The smallest absolute Gasteiger partial charge is 0.230 e. The molecule has 5 rings (SSSR count). The Morgan fingerprint density at radius 1 is 1.00 bits per heavy atom. The number of hydrogen-bond acceptors (Lipinski definition) is 4. The molecule has 2 unspecified atom stereocenters. The van der Waals surface area contributed by atoms with Gasteiger partial charge in [-0.25, -0.2) is 0 Å².